The number of aromatic nitrogens is 2. The zero-order chi connectivity index (χ0) is 13.5. The highest BCUT2D eigenvalue weighted by atomic mass is 16.6. The minimum Gasteiger partial charge on any atom is -0.364 e. The molecule has 100 valence electrons. The molecule has 4 N–H and O–H groups in total. The second-order valence-corrected chi connectivity index (χ2v) is 4.28. The van der Waals surface area contributed by atoms with Crippen molar-refractivity contribution in [3.8, 4) is 0 Å². The second-order valence-electron chi connectivity index (χ2n) is 4.28. The molecule has 0 unspecified atom stereocenters. The molecule has 0 bridgehead atoms. The first kappa shape index (κ1) is 14.1. The van der Waals surface area contributed by atoms with Gasteiger partial charge in [0.15, 0.2) is 0 Å². The third-order valence-electron chi connectivity index (χ3n) is 2.39. The van der Waals surface area contributed by atoms with Crippen molar-refractivity contribution >= 4 is 17.3 Å². The lowest BCUT2D eigenvalue weighted by Crippen LogP contribution is -2.14. The molecule has 8 heteroatoms. The topological polar surface area (TPSA) is 119 Å². The molecule has 1 heterocycles. The van der Waals surface area contributed by atoms with Gasteiger partial charge in [0.05, 0.1) is 4.92 Å². The summed E-state index contributed by atoms with van der Waals surface area (Å²) in [6, 6.07) is 0. The van der Waals surface area contributed by atoms with Crippen LogP contribution in [-0.2, 0) is 0 Å². The lowest BCUT2D eigenvalue weighted by molar-refractivity contribution is -0.383. The van der Waals surface area contributed by atoms with Crippen LogP contribution in [-0.4, -0.2) is 21.4 Å². The monoisotopic (exact) mass is 254 g/mol. The van der Waals surface area contributed by atoms with E-state index in [0.29, 0.717) is 12.5 Å². The van der Waals surface area contributed by atoms with Gasteiger partial charge < -0.3 is 10.7 Å². The Labute approximate surface area is 105 Å². The van der Waals surface area contributed by atoms with E-state index in [1.54, 1.807) is 0 Å². The number of nitro groups is 1. The van der Waals surface area contributed by atoms with E-state index in [1.165, 1.54) is 6.33 Å². The summed E-state index contributed by atoms with van der Waals surface area (Å²) in [6.45, 7) is 4.88. The number of nitrogens with zero attached hydrogens (tertiary/aromatic N) is 3. The number of nitrogens with two attached hydrogens (primary N) is 1. The fourth-order valence-electron chi connectivity index (χ4n) is 1.50. The SMILES string of the molecule is CC(C)CCCNc1ncnc(NN)c1[N+](=O)[O-]. The lowest BCUT2D eigenvalue weighted by atomic mass is 10.1. The quantitative estimate of drug-likeness (QED) is 0.292. The molecule has 0 saturated heterocycles. The molecule has 0 radical (unpaired) electrons. The highest BCUT2D eigenvalue weighted by Gasteiger charge is 2.21. The summed E-state index contributed by atoms with van der Waals surface area (Å²) in [6.07, 6.45) is 3.20. The summed E-state index contributed by atoms with van der Waals surface area (Å²) < 4.78 is 0. The van der Waals surface area contributed by atoms with E-state index in [0.717, 1.165) is 12.8 Å². The Kier molecular flexibility index (Phi) is 5.25. The summed E-state index contributed by atoms with van der Waals surface area (Å²) in [5, 5.41) is 13.9. The number of rotatable bonds is 7. The highest BCUT2D eigenvalue weighted by Crippen LogP contribution is 2.27. The van der Waals surface area contributed by atoms with Gasteiger partial charge in [0.1, 0.15) is 6.33 Å². The van der Waals surface area contributed by atoms with E-state index in [-0.39, 0.29) is 17.3 Å². The smallest absolute Gasteiger partial charge is 0.354 e. The largest absolute Gasteiger partial charge is 0.364 e. The van der Waals surface area contributed by atoms with Crippen LogP contribution in [0.2, 0.25) is 0 Å². The van der Waals surface area contributed by atoms with Crippen LogP contribution in [0.4, 0.5) is 17.3 Å². The van der Waals surface area contributed by atoms with Crippen LogP contribution in [0.25, 0.3) is 0 Å². The zero-order valence-corrected chi connectivity index (χ0v) is 10.5. The number of nitrogens with one attached hydrogen (secondary N) is 2. The van der Waals surface area contributed by atoms with Crippen LogP contribution < -0.4 is 16.6 Å². The van der Waals surface area contributed by atoms with Gasteiger partial charge in [-0.05, 0) is 18.8 Å². The lowest BCUT2D eigenvalue weighted by Gasteiger charge is -2.08. The fourth-order valence-corrected chi connectivity index (χ4v) is 1.50. The normalized spacial score (nSPS) is 10.4. The van der Waals surface area contributed by atoms with Crippen molar-refractivity contribution in [1.29, 1.82) is 0 Å². The summed E-state index contributed by atoms with van der Waals surface area (Å²) in [7, 11) is 0. The first-order valence-electron chi connectivity index (χ1n) is 5.76. The van der Waals surface area contributed by atoms with Crippen LogP contribution in [0, 0.1) is 16.0 Å². The third kappa shape index (κ3) is 3.81. The van der Waals surface area contributed by atoms with Crippen molar-refractivity contribution < 1.29 is 4.92 Å². The molecular formula is C10H18N6O2. The maximum Gasteiger partial charge on any atom is 0.354 e. The first-order chi connectivity index (χ1) is 8.56. The van der Waals surface area contributed by atoms with Gasteiger partial charge in [0.2, 0.25) is 11.6 Å². The van der Waals surface area contributed by atoms with Crippen molar-refractivity contribution in [2.24, 2.45) is 11.8 Å². The number of nitrogen functional groups attached to an aromatic ring is 1. The minimum absolute atomic E-state index is 0.00126. The van der Waals surface area contributed by atoms with Crippen molar-refractivity contribution in [2.75, 3.05) is 17.3 Å². The predicted octanol–water partition coefficient (Wildman–Crippen LogP) is 1.52. The Balaban J connectivity index is 2.72. The molecule has 0 spiro atoms. The van der Waals surface area contributed by atoms with Gasteiger partial charge in [-0.25, -0.2) is 15.8 Å². The minimum atomic E-state index is -0.556. The summed E-state index contributed by atoms with van der Waals surface area (Å²) in [5.41, 5.74) is 1.96. The molecule has 18 heavy (non-hydrogen) atoms. The molecule has 0 aliphatic rings. The number of hydrogen-bond acceptors (Lipinski definition) is 7. The van der Waals surface area contributed by atoms with Gasteiger partial charge in [0.25, 0.3) is 0 Å². The Hall–Kier alpha value is -1.96. The van der Waals surface area contributed by atoms with E-state index < -0.39 is 4.92 Å². The van der Waals surface area contributed by atoms with Crippen LogP contribution in [0.5, 0.6) is 0 Å². The Morgan fingerprint density at radius 3 is 2.67 bits per heavy atom. The Bertz CT molecular complexity index is 409. The summed E-state index contributed by atoms with van der Waals surface area (Å²) in [5.74, 6) is 5.97. The van der Waals surface area contributed by atoms with Crippen LogP contribution in [0.15, 0.2) is 6.33 Å². The predicted molar refractivity (Wildman–Crippen MR) is 69.1 cm³/mol. The second kappa shape index (κ2) is 6.70. The molecule has 0 saturated carbocycles. The number of hydrogen-bond donors (Lipinski definition) is 3. The summed E-state index contributed by atoms with van der Waals surface area (Å²) in [4.78, 5) is 17.9. The highest BCUT2D eigenvalue weighted by molar-refractivity contribution is 5.68. The maximum atomic E-state index is 10.9. The Morgan fingerprint density at radius 1 is 1.44 bits per heavy atom. The first-order valence-corrected chi connectivity index (χ1v) is 5.76. The molecule has 0 amide bonds. The number of hydrazine groups is 1. The molecule has 0 fully saturated rings. The molecule has 0 aliphatic carbocycles. The molecule has 1 aromatic heterocycles. The van der Waals surface area contributed by atoms with Crippen LogP contribution >= 0.6 is 0 Å². The molecule has 0 atom stereocenters. The van der Waals surface area contributed by atoms with Crippen LogP contribution in [0.3, 0.4) is 0 Å². The third-order valence-corrected chi connectivity index (χ3v) is 2.39. The average Bonchev–Trinajstić information content (AvgIpc) is 2.33. The van der Waals surface area contributed by atoms with Gasteiger partial charge in [-0.15, -0.1) is 0 Å². The van der Waals surface area contributed by atoms with E-state index in [4.69, 9.17) is 5.84 Å². The van der Waals surface area contributed by atoms with Gasteiger partial charge in [-0.1, -0.05) is 13.8 Å². The standard InChI is InChI=1S/C10H18N6O2/c1-7(2)4-3-5-12-9-8(16(17)18)10(15-11)14-6-13-9/h6-7H,3-5,11H2,1-2H3,(H2,12,13,14,15). The van der Waals surface area contributed by atoms with E-state index in [2.05, 4.69) is 34.6 Å². The van der Waals surface area contributed by atoms with Gasteiger partial charge >= 0.3 is 5.69 Å². The Morgan fingerprint density at radius 2 is 2.11 bits per heavy atom. The van der Waals surface area contributed by atoms with Crippen molar-refractivity contribution in [2.45, 2.75) is 26.7 Å². The molecule has 1 rings (SSSR count). The van der Waals surface area contributed by atoms with Gasteiger partial charge in [-0.3, -0.25) is 10.1 Å². The van der Waals surface area contributed by atoms with Crippen molar-refractivity contribution in [1.82, 2.24) is 9.97 Å². The molecule has 8 nitrogen and oxygen atoms in total. The zero-order valence-electron chi connectivity index (χ0n) is 10.5. The fraction of sp³-hybridized carbons (Fsp3) is 0.600. The average molecular weight is 254 g/mol. The summed E-state index contributed by atoms with van der Waals surface area (Å²) >= 11 is 0. The maximum absolute atomic E-state index is 10.9. The van der Waals surface area contributed by atoms with Crippen molar-refractivity contribution in [3.05, 3.63) is 16.4 Å². The molecular weight excluding hydrogens is 236 g/mol. The van der Waals surface area contributed by atoms with Crippen LogP contribution in [0.1, 0.15) is 26.7 Å². The molecule has 0 aromatic carbocycles. The van der Waals surface area contributed by atoms with Gasteiger partial charge in [-0.2, -0.15) is 0 Å². The molecule has 1 aromatic rings. The van der Waals surface area contributed by atoms with Gasteiger partial charge in [0, 0.05) is 6.54 Å². The van der Waals surface area contributed by atoms with E-state index >= 15 is 0 Å². The van der Waals surface area contributed by atoms with Crippen molar-refractivity contribution in [3.63, 3.8) is 0 Å². The van der Waals surface area contributed by atoms with E-state index in [9.17, 15) is 10.1 Å². The van der Waals surface area contributed by atoms with E-state index in [1.807, 2.05) is 0 Å². The molecule has 0 aliphatic heterocycles. The number of anilines is 2.